The first-order chi connectivity index (χ1) is 9.91. The lowest BCUT2D eigenvalue weighted by Gasteiger charge is -2.24. The van der Waals surface area contributed by atoms with E-state index in [4.69, 9.17) is 20.5 Å². The summed E-state index contributed by atoms with van der Waals surface area (Å²) in [6.45, 7) is 9.34. The first kappa shape index (κ1) is 21.0. The predicted octanol–water partition coefficient (Wildman–Crippen LogP) is 0.496. The predicted molar refractivity (Wildman–Crippen MR) is 87.7 cm³/mol. The Balaban J connectivity index is 4.24. The monoisotopic (exact) mass is 324 g/mol. The summed E-state index contributed by atoms with van der Waals surface area (Å²) in [6, 6.07) is 0. The molecule has 1 unspecified atom stereocenters. The van der Waals surface area contributed by atoms with Crippen molar-refractivity contribution in [1.29, 1.82) is 0 Å². The normalized spacial score (nSPS) is 14.8. The van der Waals surface area contributed by atoms with E-state index in [0.717, 1.165) is 25.9 Å². The van der Waals surface area contributed by atoms with Crippen LogP contribution in [0.1, 0.15) is 26.7 Å². The molecule has 0 saturated carbocycles. The Labute approximate surface area is 129 Å². The van der Waals surface area contributed by atoms with Crippen LogP contribution in [0, 0.1) is 0 Å². The smallest absolute Gasteiger partial charge is 0.328 e. The molecule has 1 atom stereocenters. The molecule has 0 heterocycles. The molecule has 0 aliphatic carbocycles. The van der Waals surface area contributed by atoms with E-state index in [1.54, 1.807) is 0 Å². The van der Waals surface area contributed by atoms with Crippen molar-refractivity contribution in [2.45, 2.75) is 38.9 Å². The molecule has 0 fully saturated rings. The largest absolute Gasteiger partial charge is 0.330 e. The van der Waals surface area contributed by atoms with Crippen LogP contribution in [-0.2, 0) is 13.6 Å². The summed E-state index contributed by atoms with van der Waals surface area (Å²) in [7, 11) is -3.05. The summed E-state index contributed by atoms with van der Waals surface area (Å²) in [5.41, 5.74) is 10.9. The van der Waals surface area contributed by atoms with Crippen molar-refractivity contribution in [2.75, 3.05) is 45.9 Å². The van der Waals surface area contributed by atoms with Gasteiger partial charge >= 0.3 is 7.60 Å². The third kappa shape index (κ3) is 13.4. The molecule has 0 aliphatic heterocycles. The van der Waals surface area contributed by atoms with Crippen molar-refractivity contribution in [2.24, 2.45) is 11.5 Å². The van der Waals surface area contributed by atoms with Crippen molar-refractivity contribution < 1.29 is 13.6 Å². The van der Waals surface area contributed by atoms with Gasteiger partial charge in [0, 0.05) is 19.8 Å². The van der Waals surface area contributed by atoms with Gasteiger partial charge < -0.3 is 31.1 Å². The molecule has 7 nitrogen and oxygen atoms in total. The maximum absolute atomic E-state index is 12.3. The minimum atomic E-state index is -3.05. The van der Waals surface area contributed by atoms with E-state index in [1.807, 2.05) is 13.8 Å². The molecule has 0 aliphatic rings. The molecule has 6 N–H and O–H groups in total. The fourth-order valence-corrected chi connectivity index (χ4v) is 3.31. The summed E-state index contributed by atoms with van der Waals surface area (Å²) in [6.07, 6.45) is 1.46. The van der Waals surface area contributed by atoms with Gasteiger partial charge in [-0.25, -0.2) is 0 Å². The minimum Gasteiger partial charge on any atom is -0.330 e. The molecule has 0 bridgehead atoms. The standard InChI is InChI=1S/C13H33N4O3P/c1-12(2)19-21(3,18)20-13(10-16-8-4-6-14)11-17-9-5-7-15/h12-13,16-17H,4-11,14-15H2,1-3H3. The number of rotatable bonds is 14. The lowest BCUT2D eigenvalue weighted by Crippen LogP contribution is -2.38. The van der Waals surface area contributed by atoms with E-state index in [0.29, 0.717) is 26.2 Å². The highest BCUT2D eigenvalue weighted by Gasteiger charge is 2.24. The van der Waals surface area contributed by atoms with Gasteiger partial charge in [0.25, 0.3) is 0 Å². The van der Waals surface area contributed by atoms with E-state index >= 15 is 0 Å². The Kier molecular flexibility index (Phi) is 12.5. The molecule has 128 valence electrons. The fourth-order valence-electron chi connectivity index (χ4n) is 1.81. The van der Waals surface area contributed by atoms with Gasteiger partial charge in [0.15, 0.2) is 0 Å². The lowest BCUT2D eigenvalue weighted by atomic mass is 10.3. The van der Waals surface area contributed by atoms with Crippen molar-refractivity contribution in [3.63, 3.8) is 0 Å². The quantitative estimate of drug-likeness (QED) is 0.272. The highest BCUT2D eigenvalue weighted by atomic mass is 31.2. The van der Waals surface area contributed by atoms with Crippen LogP contribution in [0.3, 0.4) is 0 Å². The molecule has 0 saturated heterocycles. The Bertz CT molecular complexity index is 281. The van der Waals surface area contributed by atoms with Crippen molar-refractivity contribution in [3.8, 4) is 0 Å². The third-order valence-corrected chi connectivity index (χ3v) is 4.09. The number of nitrogens with one attached hydrogen (secondary N) is 2. The van der Waals surface area contributed by atoms with Crippen LogP contribution in [0.15, 0.2) is 0 Å². The topological polar surface area (TPSA) is 112 Å². The van der Waals surface area contributed by atoms with Gasteiger partial charge in [0.05, 0.1) is 12.2 Å². The van der Waals surface area contributed by atoms with Crippen LogP contribution >= 0.6 is 7.60 Å². The summed E-state index contributed by atoms with van der Waals surface area (Å²) in [5, 5.41) is 6.51. The van der Waals surface area contributed by atoms with Crippen LogP contribution < -0.4 is 22.1 Å². The van der Waals surface area contributed by atoms with Gasteiger partial charge in [0.1, 0.15) is 0 Å². The van der Waals surface area contributed by atoms with Gasteiger partial charge in [-0.15, -0.1) is 0 Å². The van der Waals surface area contributed by atoms with Crippen LogP contribution in [-0.4, -0.2) is 58.1 Å². The second-order valence-corrected chi connectivity index (χ2v) is 7.31. The first-order valence-electron chi connectivity index (χ1n) is 7.67. The molecule has 0 spiro atoms. The Hall–Kier alpha value is -0.0100. The molecular weight excluding hydrogens is 291 g/mol. The van der Waals surface area contributed by atoms with Crippen LogP contribution in [0.25, 0.3) is 0 Å². The van der Waals surface area contributed by atoms with E-state index in [1.165, 1.54) is 6.66 Å². The Morgan fingerprint density at radius 1 is 1.00 bits per heavy atom. The molecule has 8 heteroatoms. The maximum Gasteiger partial charge on any atom is 0.328 e. The second kappa shape index (κ2) is 12.5. The van der Waals surface area contributed by atoms with Gasteiger partial charge in [0.2, 0.25) is 0 Å². The summed E-state index contributed by atoms with van der Waals surface area (Å²) < 4.78 is 23.3. The highest BCUT2D eigenvalue weighted by Crippen LogP contribution is 2.46. The average molecular weight is 324 g/mol. The molecule has 0 radical (unpaired) electrons. The molecule has 0 amide bonds. The van der Waals surface area contributed by atoms with Crippen LogP contribution in [0.5, 0.6) is 0 Å². The van der Waals surface area contributed by atoms with E-state index in [-0.39, 0.29) is 12.2 Å². The maximum atomic E-state index is 12.3. The molecule has 0 aromatic heterocycles. The Morgan fingerprint density at radius 3 is 1.86 bits per heavy atom. The molecular formula is C13H33N4O3P. The first-order valence-corrected chi connectivity index (χ1v) is 9.66. The van der Waals surface area contributed by atoms with Gasteiger partial charge in [-0.05, 0) is 52.9 Å². The highest BCUT2D eigenvalue weighted by molar-refractivity contribution is 7.53. The lowest BCUT2D eigenvalue weighted by molar-refractivity contribution is 0.127. The van der Waals surface area contributed by atoms with Gasteiger partial charge in [-0.3, -0.25) is 4.57 Å². The van der Waals surface area contributed by atoms with Crippen LogP contribution in [0.2, 0.25) is 0 Å². The fraction of sp³-hybridized carbons (Fsp3) is 1.00. The van der Waals surface area contributed by atoms with E-state index in [2.05, 4.69) is 10.6 Å². The Morgan fingerprint density at radius 2 is 1.48 bits per heavy atom. The van der Waals surface area contributed by atoms with Crippen molar-refractivity contribution in [1.82, 2.24) is 10.6 Å². The minimum absolute atomic E-state index is 0.128. The van der Waals surface area contributed by atoms with E-state index in [9.17, 15) is 4.57 Å². The number of hydrogen-bond acceptors (Lipinski definition) is 7. The van der Waals surface area contributed by atoms with Crippen LogP contribution in [0.4, 0.5) is 0 Å². The summed E-state index contributed by atoms with van der Waals surface area (Å²) in [5.74, 6) is 0. The molecule has 0 aromatic carbocycles. The van der Waals surface area contributed by atoms with Gasteiger partial charge in [-0.1, -0.05) is 0 Å². The summed E-state index contributed by atoms with van der Waals surface area (Å²) >= 11 is 0. The average Bonchev–Trinajstić information content (AvgIpc) is 2.37. The molecule has 0 aromatic rings. The SMILES string of the molecule is CC(C)OP(C)(=O)OC(CNCCCN)CNCCCN. The zero-order valence-electron chi connectivity index (χ0n) is 13.6. The van der Waals surface area contributed by atoms with Crippen molar-refractivity contribution >= 4 is 7.60 Å². The van der Waals surface area contributed by atoms with E-state index < -0.39 is 7.60 Å². The molecule has 0 rings (SSSR count). The number of hydrogen-bond donors (Lipinski definition) is 4. The zero-order chi connectivity index (χ0) is 16.1. The second-order valence-electron chi connectivity index (χ2n) is 5.35. The number of nitrogens with two attached hydrogens (primary N) is 2. The van der Waals surface area contributed by atoms with Crippen molar-refractivity contribution in [3.05, 3.63) is 0 Å². The summed E-state index contributed by atoms with van der Waals surface area (Å²) in [4.78, 5) is 0. The van der Waals surface area contributed by atoms with Gasteiger partial charge in [-0.2, -0.15) is 0 Å². The molecule has 21 heavy (non-hydrogen) atoms. The third-order valence-electron chi connectivity index (χ3n) is 2.60. The zero-order valence-corrected chi connectivity index (χ0v) is 14.5.